The van der Waals surface area contributed by atoms with Crippen LogP contribution in [0.1, 0.15) is 36.6 Å². The number of rotatable bonds is 6. The van der Waals surface area contributed by atoms with Crippen LogP contribution in [0.4, 0.5) is 18.0 Å². The monoisotopic (exact) mass is 727 g/mol. The topological polar surface area (TPSA) is 118 Å². The summed E-state index contributed by atoms with van der Waals surface area (Å²) in [7, 11) is 5.80. The fourth-order valence-electron chi connectivity index (χ4n) is 6.17. The summed E-state index contributed by atoms with van der Waals surface area (Å²) in [6.07, 6.45) is -2.31. The van der Waals surface area contributed by atoms with Gasteiger partial charge < -0.3 is 14.7 Å². The van der Waals surface area contributed by atoms with Gasteiger partial charge in [0.25, 0.3) is 5.91 Å². The molecule has 1 aliphatic rings. The zero-order valence-electron chi connectivity index (χ0n) is 30.3. The highest BCUT2D eigenvalue weighted by molar-refractivity contribution is 5.84. The van der Waals surface area contributed by atoms with Crippen LogP contribution in [0, 0.1) is 18.3 Å². The van der Waals surface area contributed by atoms with Gasteiger partial charge in [-0.2, -0.15) is 23.5 Å². The Morgan fingerprint density at radius 3 is 2.08 bits per heavy atom. The average Bonchev–Trinajstić information content (AvgIpc) is 3.70. The summed E-state index contributed by atoms with van der Waals surface area (Å²) in [6, 6.07) is 25.7. The number of nitrogens with zero attached hydrogens (tertiary/aromatic N) is 7. The smallest absolute Gasteiger partial charge is 0.338 e. The van der Waals surface area contributed by atoms with Crippen molar-refractivity contribution in [2.24, 2.45) is 0 Å². The molecule has 3 heterocycles. The highest BCUT2D eigenvalue weighted by atomic mass is 19.4. The molecule has 0 saturated carbocycles. The number of quaternary nitrogens is 1. The average molecular weight is 728 g/mol. The Kier molecular flexibility index (Phi) is 11.1. The van der Waals surface area contributed by atoms with Crippen LogP contribution in [0.5, 0.6) is 0 Å². The standard InChI is InChI=1S/C33H35F3N8O3.C6H6/c1-22-29(27-13-16-38-43(27)25-11-9-23(20-37)10-12-25)42(31(47)41(22)26-8-6-7-24(19-26)33(34,35)36)30(46)39-32(2)14-17-40(18-15-32)28(45)21-44(3,4)5;1-2-4-6-5-3-1/h6-13,16,19H,14-15,17-18,21H2,1-5H3;1-6H/p+1. The second-order valence-electron chi connectivity index (χ2n) is 14.2. The maximum Gasteiger partial charge on any atom is 0.416 e. The first-order valence-electron chi connectivity index (χ1n) is 17.0. The number of hydrogen-bond acceptors (Lipinski definition) is 5. The summed E-state index contributed by atoms with van der Waals surface area (Å²) in [5.74, 6) is 0.00855. The van der Waals surface area contributed by atoms with Gasteiger partial charge in [-0.15, -0.1) is 0 Å². The third kappa shape index (κ3) is 8.93. The highest BCUT2D eigenvalue weighted by Gasteiger charge is 2.37. The number of likely N-dealkylation sites (tertiary alicyclic amines) is 1. The lowest BCUT2D eigenvalue weighted by Crippen LogP contribution is -2.57. The van der Waals surface area contributed by atoms with Crippen molar-refractivity contribution in [3.8, 4) is 28.8 Å². The van der Waals surface area contributed by atoms with E-state index in [9.17, 15) is 32.8 Å². The van der Waals surface area contributed by atoms with Crippen LogP contribution < -0.4 is 11.0 Å². The van der Waals surface area contributed by atoms with Gasteiger partial charge in [-0.05, 0) is 75.2 Å². The number of alkyl halides is 3. The van der Waals surface area contributed by atoms with Gasteiger partial charge in [0.1, 0.15) is 5.69 Å². The number of nitrogens with one attached hydrogen (secondary N) is 1. The molecule has 1 N–H and O–H groups in total. The molecule has 0 bridgehead atoms. The largest absolute Gasteiger partial charge is 0.416 e. The van der Waals surface area contributed by atoms with Gasteiger partial charge in [-0.3, -0.25) is 9.36 Å². The number of imidazole rings is 1. The Labute approximate surface area is 305 Å². The zero-order valence-corrected chi connectivity index (χ0v) is 30.3. The number of carbonyl (C=O) groups is 2. The Balaban J connectivity index is 0.000000820. The predicted molar refractivity (Wildman–Crippen MR) is 195 cm³/mol. The molecule has 11 nitrogen and oxygen atoms in total. The molecule has 2 amide bonds. The second kappa shape index (κ2) is 15.3. The van der Waals surface area contributed by atoms with Crippen molar-refractivity contribution in [1.29, 1.82) is 5.26 Å². The van der Waals surface area contributed by atoms with Crippen molar-refractivity contribution in [3.63, 3.8) is 0 Å². The molecule has 1 fully saturated rings. The molecule has 0 atom stereocenters. The van der Waals surface area contributed by atoms with Crippen molar-refractivity contribution in [2.75, 3.05) is 40.8 Å². The van der Waals surface area contributed by atoms with E-state index in [1.807, 2.05) is 70.5 Å². The summed E-state index contributed by atoms with van der Waals surface area (Å²) in [6.45, 7) is 4.54. The molecule has 0 spiro atoms. The number of likely N-dealkylation sites (N-methyl/N-ethyl adjacent to an activating group) is 1. The first-order chi connectivity index (χ1) is 25.0. The van der Waals surface area contributed by atoms with E-state index in [2.05, 4.69) is 10.4 Å². The number of nitriles is 1. The third-order valence-electron chi connectivity index (χ3n) is 8.95. The van der Waals surface area contributed by atoms with E-state index < -0.39 is 29.0 Å². The number of benzene rings is 3. The van der Waals surface area contributed by atoms with Crippen molar-refractivity contribution in [3.05, 3.63) is 124 Å². The number of amides is 2. The fraction of sp³-hybridized carbons (Fsp3) is 0.308. The summed E-state index contributed by atoms with van der Waals surface area (Å²) in [5, 5.41) is 16.6. The minimum atomic E-state index is -4.65. The van der Waals surface area contributed by atoms with E-state index in [1.54, 1.807) is 42.2 Å². The molecule has 2 aromatic heterocycles. The molecule has 3 aromatic carbocycles. The summed E-state index contributed by atoms with van der Waals surface area (Å²) >= 11 is 0. The van der Waals surface area contributed by atoms with E-state index in [0.717, 1.165) is 21.3 Å². The number of halogens is 3. The maximum absolute atomic E-state index is 14.1. The zero-order chi connectivity index (χ0) is 38.6. The van der Waals surface area contributed by atoms with Gasteiger partial charge >= 0.3 is 17.9 Å². The van der Waals surface area contributed by atoms with Crippen LogP contribution in [-0.2, 0) is 11.0 Å². The van der Waals surface area contributed by atoms with Crippen LogP contribution in [0.25, 0.3) is 22.8 Å². The summed E-state index contributed by atoms with van der Waals surface area (Å²) < 4.78 is 45.0. The molecule has 0 aliphatic carbocycles. The van der Waals surface area contributed by atoms with Crippen molar-refractivity contribution < 1.29 is 27.2 Å². The van der Waals surface area contributed by atoms with Gasteiger partial charge in [0, 0.05) is 18.6 Å². The van der Waals surface area contributed by atoms with E-state index >= 15 is 0 Å². The van der Waals surface area contributed by atoms with Crippen LogP contribution in [0.15, 0.2) is 102 Å². The Bertz CT molecular complexity index is 2140. The van der Waals surface area contributed by atoms with Crippen molar-refractivity contribution in [1.82, 2.24) is 29.1 Å². The van der Waals surface area contributed by atoms with Crippen LogP contribution in [0.2, 0.25) is 0 Å². The maximum atomic E-state index is 14.1. The molecule has 1 saturated heterocycles. The van der Waals surface area contributed by atoms with Gasteiger partial charge in [0.15, 0.2) is 6.54 Å². The summed E-state index contributed by atoms with van der Waals surface area (Å²) in [4.78, 5) is 42.8. The Morgan fingerprint density at radius 2 is 1.53 bits per heavy atom. The molecular formula is C39H42F3N8O3+. The predicted octanol–water partition coefficient (Wildman–Crippen LogP) is 6.02. The lowest BCUT2D eigenvalue weighted by molar-refractivity contribution is -0.862. The summed E-state index contributed by atoms with van der Waals surface area (Å²) in [5.41, 5.74) is -1.01. The molecule has 0 unspecified atom stereocenters. The van der Waals surface area contributed by atoms with E-state index in [4.69, 9.17) is 0 Å². The van der Waals surface area contributed by atoms with Crippen molar-refractivity contribution in [2.45, 2.75) is 38.4 Å². The second-order valence-corrected chi connectivity index (χ2v) is 14.2. The van der Waals surface area contributed by atoms with Crippen molar-refractivity contribution >= 4 is 11.9 Å². The van der Waals surface area contributed by atoms with Gasteiger partial charge in [0.2, 0.25) is 0 Å². The molecule has 6 rings (SSSR count). The quantitative estimate of drug-likeness (QED) is 0.215. The molecule has 14 heteroatoms. The van der Waals surface area contributed by atoms with Crippen LogP contribution in [0.3, 0.4) is 0 Å². The molecule has 276 valence electrons. The molecule has 0 radical (unpaired) electrons. The minimum absolute atomic E-state index is 0.00855. The number of hydrogen-bond donors (Lipinski definition) is 1. The van der Waals surface area contributed by atoms with Gasteiger partial charge in [-0.25, -0.2) is 18.8 Å². The molecule has 53 heavy (non-hydrogen) atoms. The first-order valence-corrected chi connectivity index (χ1v) is 17.0. The van der Waals surface area contributed by atoms with Crippen LogP contribution >= 0.6 is 0 Å². The lowest BCUT2D eigenvalue weighted by atomic mass is 9.89. The Hall–Kier alpha value is -5.94. The third-order valence-corrected chi connectivity index (χ3v) is 8.95. The van der Waals surface area contributed by atoms with Gasteiger partial charge in [0.05, 0.1) is 67.3 Å². The Morgan fingerprint density at radius 1 is 0.925 bits per heavy atom. The number of aromatic nitrogens is 4. The van der Waals surface area contributed by atoms with Crippen LogP contribution in [-0.4, -0.2) is 86.6 Å². The van der Waals surface area contributed by atoms with E-state index in [1.165, 1.54) is 23.0 Å². The molecule has 5 aromatic rings. The first kappa shape index (κ1) is 38.3. The number of carbonyl (C=O) groups excluding carboxylic acids is 2. The lowest BCUT2D eigenvalue weighted by Gasteiger charge is -2.40. The van der Waals surface area contributed by atoms with Gasteiger partial charge in [-0.1, -0.05) is 42.5 Å². The van der Waals surface area contributed by atoms with E-state index in [0.29, 0.717) is 53.9 Å². The normalized spacial score (nSPS) is 14.1. The molecular weight excluding hydrogens is 685 g/mol. The van der Waals surface area contributed by atoms with E-state index in [-0.39, 0.29) is 23.0 Å². The molecule has 1 aliphatic heterocycles. The fourth-order valence-corrected chi connectivity index (χ4v) is 6.17. The number of piperidine rings is 1. The SMILES string of the molecule is Cc1c(-c2ccnn2-c2ccc(C#N)cc2)n(C(=O)NC2(C)CCN(C(=O)C[N+](C)(C)C)CC2)c(=O)n1-c1cccc(C(F)(F)F)c1.c1ccccc1. The highest BCUT2D eigenvalue weighted by Crippen LogP contribution is 2.32. The minimum Gasteiger partial charge on any atom is -0.338 e.